The van der Waals surface area contributed by atoms with Crippen molar-refractivity contribution < 1.29 is 18.3 Å². The molecule has 3 aromatic rings. The second-order valence-electron chi connectivity index (χ2n) is 11.2. The summed E-state index contributed by atoms with van der Waals surface area (Å²) in [5.74, 6) is 1.47. The maximum Gasteiger partial charge on any atom is 0.229 e. The topological polar surface area (TPSA) is 146 Å². The molecule has 43 heavy (non-hydrogen) atoms. The lowest BCUT2D eigenvalue weighted by Crippen LogP contribution is -2.47. The number of β-amino-alcohol motifs (C(OH)–C–C–N with tert-alkyl or cyclic N) is 1. The molecule has 11 nitrogen and oxygen atoms in total. The van der Waals surface area contributed by atoms with Crippen LogP contribution in [0.2, 0.25) is 5.02 Å². The number of nitrogens with two attached hydrogens (primary N) is 1. The summed E-state index contributed by atoms with van der Waals surface area (Å²) < 4.78 is 29.1. The van der Waals surface area contributed by atoms with Gasteiger partial charge in [0.05, 0.1) is 31.4 Å². The number of aliphatic hydroxyl groups excluding tert-OH is 1. The van der Waals surface area contributed by atoms with Crippen LogP contribution in [0.15, 0.2) is 48.7 Å². The molecule has 2 aromatic carbocycles. The molecule has 0 aliphatic carbocycles. The molecule has 2 fully saturated rings. The highest BCUT2D eigenvalue weighted by molar-refractivity contribution is 7.88. The van der Waals surface area contributed by atoms with Crippen LogP contribution in [0, 0.1) is 0 Å². The lowest BCUT2D eigenvalue weighted by Gasteiger charge is -2.42. The van der Waals surface area contributed by atoms with E-state index >= 15 is 0 Å². The fourth-order valence-corrected chi connectivity index (χ4v) is 6.88. The Morgan fingerprint density at radius 2 is 1.79 bits per heavy atom. The Morgan fingerprint density at radius 3 is 2.49 bits per heavy atom. The molecular weight excluding hydrogens is 590 g/mol. The first-order valence-corrected chi connectivity index (χ1v) is 16.7. The fourth-order valence-electron chi connectivity index (χ4n) is 6.06. The quantitative estimate of drug-likeness (QED) is 0.245. The van der Waals surface area contributed by atoms with Gasteiger partial charge in [-0.2, -0.15) is 4.98 Å². The number of ether oxygens (including phenoxy) is 1. The van der Waals surface area contributed by atoms with Gasteiger partial charge in [0.25, 0.3) is 0 Å². The summed E-state index contributed by atoms with van der Waals surface area (Å²) in [4.78, 5) is 13.9. The predicted octanol–water partition coefficient (Wildman–Crippen LogP) is 4.05. The van der Waals surface area contributed by atoms with Crippen molar-refractivity contribution >= 4 is 44.8 Å². The van der Waals surface area contributed by atoms with Crippen LogP contribution in [0.3, 0.4) is 0 Å². The molecule has 2 aliphatic rings. The van der Waals surface area contributed by atoms with Crippen molar-refractivity contribution in [1.29, 1.82) is 0 Å². The third kappa shape index (κ3) is 8.34. The third-order valence-electron chi connectivity index (χ3n) is 8.33. The van der Waals surface area contributed by atoms with Crippen molar-refractivity contribution in [3.05, 3.63) is 64.8 Å². The van der Waals surface area contributed by atoms with E-state index < -0.39 is 10.0 Å². The summed E-state index contributed by atoms with van der Waals surface area (Å²) >= 11 is 6.38. The number of hydrogen-bond donors (Lipinski definition) is 4. The van der Waals surface area contributed by atoms with E-state index in [4.69, 9.17) is 21.5 Å². The zero-order chi connectivity index (χ0) is 30.4. The van der Waals surface area contributed by atoms with Gasteiger partial charge in [-0.15, -0.1) is 0 Å². The number of sulfonamides is 1. The first kappa shape index (κ1) is 31.4. The molecule has 0 unspecified atom stereocenters. The Kier molecular flexibility index (Phi) is 10.4. The number of primary sulfonamides is 1. The largest absolute Gasteiger partial charge is 0.495 e. The van der Waals surface area contributed by atoms with Gasteiger partial charge in [-0.3, -0.25) is 0 Å². The van der Waals surface area contributed by atoms with Crippen LogP contribution in [0.4, 0.5) is 23.1 Å². The summed E-state index contributed by atoms with van der Waals surface area (Å²) in [6.07, 6.45) is 6.03. The monoisotopic (exact) mass is 629 g/mol. The number of aliphatic hydroxyl groups is 1. The lowest BCUT2D eigenvalue weighted by molar-refractivity contribution is 0.0793. The molecule has 2 saturated heterocycles. The van der Waals surface area contributed by atoms with Crippen LogP contribution in [0.5, 0.6) is 5.75 Å². The van der Waals surface area contributed by atoms with E-state index in [1.165, 1.54) is 24.6 Å². The van der Waals surface area contributed by atoms with Crippen molar-refractivity contribution in [1.82, 2.24) is 19.8 Å². The number of benzene rings is 2. The Morgan fingerprint density at radius 1 is 1.05 bits per heavy atom. The number of methoxy groups -OCH3 is 1. The summed E-state index contributed by atoms with van der Waals surface area (Å²) in [7, 11) is -2.08. The molecule has 0 saturated carbocycles. The molecule has 13 heteroatoms. The summed E-state index contributed by atoms with van der Waals surface area (Å²) in [5, 5.41) is 21.1. The van der Waals surface area contributed by atoms with Crippen molar-refractivity contribution in [3.8, 4) is 5.75 Å². The molecule has 0 atom stereocenters. The van der Waals surface area contributed by atoms with Crippen LogP contribution < -0.4 is 20.5 Å². The van der Waals surface area contributed by atoms with E-state index in [0.717, 1.165) is 51.3 Å². The Hall–Kier alpha value is -3.00. The first-order chi connectivity index (χ1) is 20.7. The van der Waals surface area contributed by atoms with Crippen LogP contribution in [-0.2, 0) is 15.8 Å². The minimum absolute atomic E-state index is 0.235. The van der Waals surface area contributed by atoms with Gasteiger partial charge in [-0.1, -0.05) is 35.9 Å². The number of halogens is 1. The molecule has 2 aliphatic heterocycles. The summed E-state index contributed by atoms with van der Waals surface area (Å²) in [6.45, 7) is 5.33. The average Bonchev–Trinajstić information content (AvgIpc) is 3.00. The van der Waals surface area contributed by atoms with Gasteiger partial charge in [-0.05, 0) is 87.1 Å². The SMILES string of the molecule is COc1cc(C2CCN(C3CCN(CCO)CC3)CC2)ccc1Nc1ncc(Cl)c(Nc2ccccc2CS(N)(=O)=O)n1. The maximum atomic E-state index is 11.7. The molecule has 0 radical (unpaired) electrons. The second kappa shape index (κ2) is 14.2. The molecule has 1 aromatic heterocycles. The Balaban J connectivity index is 1.23. The molecule has 0 amide bonds. The van der Waals surface area contributed by atoms with E-state index in [0.29, 0.717) is 40.7 Å². The van der Waals surface area contributed by atoms with Crippen molar-refractivity contribution in [2.75, 3.05) is 57.1 Å². The van der Waals surface area contributed by atoms with Gasteiger partial charge in [0, 0.05) is 18.3 Å². The molecular formula is C30H40ClN7O4S. The summed E-state index contributed by atoms with van der Waals surface area (Å²) in [6, 6.07) is 13.8. The average molecular weight is 630 g/mol. The number of para-hydroxylation sites is 1. The van der Waals surface area contributed by atoms with Crippen LogP contribution >= 0.6 is 11.6 Å². The number of piperidine rings is 2. The number of hydrogen-bond acceptors (Lipinski definition) is 10. The third-order valence-corrected chi connectivity index (χ3v) is 9.32. The molecule has 0 spiro atoms. The van der Waals surface area contributed by atoms with Gasteiger partial charge in [-0.25, -0.2) is 18.5 Å². The van der Waals surface area contributed by atoms with E-state index in [1.54, 1.807) is 31.4 Å². The minimum atomic E-state index is -3.73. The normalized spacial score (nSPS) is 17.6. The number of nitrogens with one attached hydrogen (secondary N) is 2. The van der Waals surface area contributed by atoms with Crippen LogP contribution in [0.1, 0.15) is 42.7 Å². The molecule has 5 rings (SSSR count). The Labute approximate surface area is 258 Å². The highest BCUT2D eigenvalue weighted by atomic mass is 35.5. The van der Waals surface area contributed by atoms with E-state index in [2.05, 4.69) is 42.5 Å². The van der Waals surface area contributed by atoms with Crippen molar-refractivity contribution in [2.45, 2.75) is 43.4 Å². The van der Waals surface area contributed by atoms with Crippen LogP contribution in [-0.4, -0.2) is 85.8 Å². The zero-order valence-corrected chi connectivity index (χ0v) is 25.9. The Bertz CT molecular complexity index is 1490. The van der Waals surface area contributed by atoms with Crippen molar-refractivity contribution in [3.63, 3.8) is 0 Å². The number of nitrogens with zero attached hydrogens (tertiary/aromatic N) is 4. The fraction of sp³-hybridized carbons (Fsp3) is 0.467. The molecule has 5 N–H and O–H groups in total. The predicted molar refractivity (Wildman–Crippen MR) is 170 cm³/mol. The molecule has 3 heterocycles. The van der Waals surface area contributed by atoms with Gasteiger partial charge in [0.1, 0.15) is 10.8 Å². The van der Waals surface area contributed by atoms with Crippen molar-refractivity contribution in [2.24, 2.45) is 5.14 Å². The number of likely N-dealkylation sites (tertiary alicyclic amines) is 2. The van der Waals surface area contributed by atoms with Gasteiger partial charge in [0.15, 0.2) is 5.82 Å². The van der Waals surface area contributed by atoms with E-state index in [9.17, 15) is 13.5 Å². The number of rotatable bonds is 11. The zero-order valence-electron chi connectivity index (χ0n) is 24.4. The highest BCUT2D eigenvalue weighted by Gasteiger charge is 2.29. The lowest BCUT2D eigenvalue weighted by atomic mass is 9.87. The van der Waals surface area contributed by atoms with Gasteiger partial charge in [0.2, 0.25) is 16.0 Å². The van der Waals surface area contributed by atoms with E-state index in [-0.39, 0.29) is 17.4 Å². The smallest absolute Gasteiger partial charge is 0.229 e. The number of aromatic nitrogens is 2. The molecule has 0 bridgehead atoms. The van der Waals surface area contributed by atoms with Gasteiger partial charge < -0.3 is 30.3 Å². The standard InChI is InChI=1S/C30H40ClN7O4S/c1-42-28-18-22(21-8-14-38(15-9-21)24-10-12-37(13-11-24)16-17-39)6-7-27(28)35-30-33-19-25(31)29(36-30)34-26-5-3-2-4-23(26)20-43(32,40)41/h2-7,18-19,21,24,39H,8-17,20H2,1H3,(H2,32,40,41)(H2,33,34,35,36). The molecule has 232 valence electrons. The van der Waals surface area contributed by atoms with E-state index in [1.807, 2.05) is 6.07 Å². The van der Waals surface area contributed by atoms with Crippen LogP contribution in [0.25, 0.3) is 0 Å². The summed E-state index contributed by atoms with van der Waals surface area (Å²) in [5.41, 5.74) is 3.01. The van der Waals surface area contributed by atoms with Gasteiger partial charge >= 0.3 is 0 Å². The first-order valence-electron chi connectivity index (χ1n) is 14.6. The minimum Gasteiger partial charge on any atom is -0.495 e. The highest BCUT2D eigenvalue weighted by Crippen LogP contribution is 2.36. The maximum absolute atomic E-state index is 11.7. The number of anilines is 4. The second-order valence-corrected chi connectivity index (χ2v) is 13.2.